The quantitative estimate of drug-likeness (QED) is 0.735. The number of hydrogen-bond donors (Lipinski definition) is 1. The van der Waals surface area contributed by atoms with E-state index < -0.39 is 0 Å². The molecule has 1 amide bonds. The molecular weight excluding hydrogens is 242 g/mol. The molecule has 1 atom stereocenters. The highest BCUT2D eigenvalue weighted by molar-refractivity contribution is 5.76. The van der Waals surface area contributed by atoms with Gasteiger partial charge in [0, 0.05) is 12.5 Å². The van der Waals surface area contributed by atoms with Crippen LogP contribution in [0.5, 0.6) is 11.5 Å². The van der Waals surface area contributed by atoms with E-state index in [0.717, 1.165) is 17.9 Å². The largest absolute Gasteiger partial charge is 0.497 e. The molecule has 0 fully saturated rings. The average Bonchev–Trinajstić information content (AvgIpc) is 2.44. The molecule has 0 bridgehead atoms. The van der Waals surface area contributed by atoms with E-state index >= 15 is 0 Å². The third-order valence-electron chi connectivity index (χ3n) is 2.90. The summed E-state index contributed by atoms with van der Waals surface area (Å²) in [5.41, 5.74) is 0. The molecule has 0 heterocycles. The summed E-state index contributed by atoms with van der Waals surface area (Å²) in [4.78, 5) is 11.5. The van der Waals surface area contributed by atoms with Crippen LogP contribution in [-0.2, 0) is 4.79 Å². The highest BCUT2D eigenvalue weighted by Crippen LogP contribution is 2.17. The predicted molar refractivity (Wildman–Crippen MR) is 75.6 cm³/mol. The van der Waals surface area contributed by atoms with Gasteiger partial charge in [-0.1, -0.05) is 6.92 Å². The summed E-state index contributed by atoms with van der Waals surface area (Å²) in [6, 6.07) is 7.67. The first-order valence-electron chi connectivity index (χ1n) is 6.72. The molecule has 4 nitrogen and oxygen atoms in total. The molecule has 0 saturated heterocycles. The summed E-state index contributed by atoms with van der Waals surface area (Å²) in [7, 11) is 1.63. The Bertz CT molecular complexity index is 375. The van der Waals surface area contributed by atoms with E-state index in [9.17, 15) is 4.79 Å². The summed E-state index contributed by atoms with van der Waals surface area (Å²) >= 11 is 0. The molecule has 106 valence electrons. The van der Waals surface area contributed by atoms with Gasteiger partial charge in [0.05, 0.1) is 13.7 Å². The first-order valence-corrected chi connectivity index (χ1v) is 6.72. The molecule has 0 aliphatic rings. The van der Waals surface area contributed by atoms with Gasteiger partial charge in [-0.05, 0) is 44.0 Å². The van der Waals surface area contributed by atoms with Gasteiger partial charge in [-0.2, -0.15) is 0 Å². The third-order valence-corrected chi connectivity index (χ3v) is 2.90. The molecule has 0 radical (unpaired) electrons. The summed E-state index contributed by atoms with van der Waals surface area (Å²) in [5.74, 6) is 1.69. The first kappa shape index (κ1) is 15.3. The summed E-state index contributed by atoms with van der Waals surface area (Å²) in [5, 5.41) is 2.93. The highest BCUT2D eigenvalue weighted by Gasteiger charge is 2.05. The topological polar surface area (TPSA) is 47.6 Å². The molecule has 1 aromatic rings. The maximum atomic E-state index is 11.5. The zero-order valence-corrected chi connectivity index (χ0v) is 11.9. The van der Waals surface area contributed by atoms with E-state index in [0.29, 0.717) is 19.4 Å². The van der Waals surface area contributed by atoms with Crippen LogP contribution in [0, 0.1) is 0 Å². The van der Waals surface area contributed by atoms with E-state index in [2.05, 4.69) is 12.2 Å². The smallest absolute Gasteiger partial charge is 0.220 e. The minimum Gasteiger partial charge on any atom is -0.497 e. The lowest BCUT2D eigenvalue weighted by Crippen LogP contribution is -2.31. The second-order valence-electron chi connectivity index (χ2n) is 4.50. The third kappa shape index (κ3) is 6.13. The molecule has 1 rings (SSSR count). The van der Waals surface area contributed by atoms with Gasteiger partial charge in [0.2, 0.25) is 5.91 Å². The van der Waals surface area contributed by atoms with E-state index in [1.807, 2.05) is 31.2 Å². The Morgan fingerprint density at radius 2 is 1.89 bits per heavy atom. The van der Waals surface area contributed by atoms with Gasteiger partial charge < -0.3 is 14.8 Å². The monoisotopic (exact) mass is 265 g/mol. The second kappa shape index (κ2) is 8.40. The molecule has 0 aliphatic carbocycles. The summed E-state index contributed by atoms with van der Waals surface area (Å²) in [6.07, 6.45) is 2.17. The van der Waals surface area contributed by atoms with E-state index in [-0.39, 0.29) is 11.9 Å². The Balaban J connectivity index is 2.17. The van der Waals surface area contributed by atoms with Gasteiger partial charge in [0.15, 0.2) is 0 Å². The van der Waals surface area contributed by atoms with Crippen LogP contribution in [0.2, 0.25) is 0 Å². The van der Waals surface area contributed by atoms with Crippen LogP contribution >= 0.6 is 0 Å². The number of carbonyl (C=O) groups is 1. The summed E-state index contributed by atoms with van der Waals surface area (Å²) < 4.78 is 10.6. The van der Waals surface area contributed by atoms with Crippen molar-refractivity contribution in [3.63, 3.8) is 0 Å². The van der Waals surface area contributed by atoms with Crippen LogP contribution in [-0.4, -0.2) is 25.7 Å². The maximum Gasteiger partial charge on any atom is 0.220 e. The lowest BCUT2D eigenvalue weighted by Gasteiger charge is -2.11. The lowest BCUT2D eigenvalue weighted by molar-refractivity contribution is -0.121. The van der Waals surface area contributed by atoms with Gasteiger partial charge in [0.1, 0.15) is 11.5 Å². The van der Waals surface area contributed by atoms with Crippen molar-refractivity contribution in [2.24, 2.45) is 0 Å². The van der Waals surface area contributed by atoms with Gasteiger partial charge in [-0.25, -0.2) is 0 Å². The van der Waals surface area contributed by atoms with Gasteiger partial charge in [-0.15, -0.1) is 0 Å². The zero-order valence-electron chi connectivity index (χ0n) is 11.9. The number of rotatable bonds is 8. The van der Waals surface area contributed by atoms with E-state index in [1.165, 1.54) is 0 Å². The van der Waals surface area contributed by atoms with Crippen LogP contribution in [0.4, 0.5) is 0 Å². The van der Waals surface area contributed by atoms with Crippen molar-refractivity contribution >= 4 is 5.91 Å². The Morgan fingerprint density at radius 1 is 1.26 bits per heavy atom. The fraction of sp³-hybridized carbons (Fsp3) is 0.533. The van der Waals surface area contributed by atoms with Crippen LogP contribution in [0.1, 0.15) is 33.1 Å². The van der Waals surface area contributed by atoms with Gasteiger partial charge in [0.25, 0.3) is 0 Å². The maximum absolute atomic E-state index is 11.5. The fourth-order valence-corrected chi connectivity index (χ4v) is 1.54. The molecule has 0 aliphatic heterocycles. The number of methoxy groups -OCH3 is 1. The van der Waals surface area contributed by atoms with E-state index in [1.54, 1.807) is 7.11 Å². The van der Waals surface area contributed by atoms with Crippen molar-refractivity contribution in [2.75, 3.05) is 13.7 Å². The van der Waals surface area contributed by atoms with Crippen molar-refractivity contribution in [1.29, 1.82) is 0 Å². The minimum atomic E-state index is 0.0904. The summed E-state index contributed by atoms with van der Waals surface area (Å²) in [6.45, 7) is 4.60. The Morgan fingerprint density at radius 3 is 2.47 bits per heavy atom. The van der Waals surface area contributed by atoms with Crippen molar-refractivity contribution in [3.05, 3.63) is 24.3 Å². The van der Waals surface area contributed by atoms with Crippen LogP contribution in [0.3, 0.4) is 0 Å². The normalized spacial score (nSPS) is 11.7. The molecule has 4 heteroatoms. The van der Waals surface area contributed by atoms with Crippen molar-refractivity contribution in [3.8, 4) is 11.5 Å². The first-order chi connectivity index (χ1) is 9.15. The molecule has 1 aromatic carbocycles. The SMILES string of the molecule is CC[C@H](C)NC(=O)CCCOc1ccc(OC)cc1. The number of carbonyl (C=O) groups excluding carboxylic acids is 1. The fourth-order valence-electron chi connectivity index (χ4n) is 1.54. The van der Waals surface area contributed by atoms with Gasteiger partial charge in [-0.3, -0.25) is 4.79 Å². The number of hydrogen-bond acceptors (Lipinski definition) is 3. The number of benzene rings is 1. The molecule has 19 heavy (non-hydrogen) atoms. The van der Waals surface area contributed by atoms with Crippen molar-refractivity contribution in [1.82, 2.24) is 5.32 Å². The number of ether oxygens (including phenoxy) is 2. The van der Waals surface area contributed by atoms with Crippen molar-refractivity contribution < 1.29 is 14.3 Å². The number of amides is 1. The molecular formula is C15H23NO3. The Kier molecular flexibility index (Phi) is 6.79. The molecule has 0 spiro atoms. The molecule has 0 aromatic heterocycles. The van der Waals surface area contributed by atoms with Crippen LogP contribution in [0.25, 0.3) is 0 Å². The predicted octanol–water partition coefficient (Wildman–Crippen LogP) is 2.77. The van der Waals surface area contributed by atoms with Crippen molar-refractivity contribution in [2.45, 2.75) is 39.2 Å². The molecule has 1 N–H and O–H groups in total. The van der Waals surface area contributed by atoms with Gasteiger partial charge >= 0.3 is 0 Å². The standard InChI is InChI=1S/C15H23NO3/c1-4-12(2)16-15(17)6-5-11-19-14-9-7-13(18-3)8-10-14/h7-10,12H,4-6,11H2,1-3H3,(H,16,17)/t12-/m0/s1. The minimum absolute atomic E-state index is 0.0904. The number of nitrogens with one attached hydrogen (secondary N) is 1. The van der Waals surface area contributed by atoms with E-state index in [4.69, 9.17) is 9.47 Å². The molecule has 0 saturated carbocycles. The molecule has 0 unspecified atom stereocenters. The Labute approximate surface area is 115 Å². The average molecular weight is 265 g/mol. The second-order valence-corrected chi connectivity index (χ2v) is 4.50. The zero-order chi connectivity index (χ0) is 14.1. The highest BCUT2D eigenvalue weighted by atomic mass is 16.5. The van der Waals surface area contributed by atoms with Crippen LogP contribution in [0.15, 0.2) is 24.3 Å². The lowest BCUT2D eigenvalue weighted by atomic mass is 10.2. The Hall–Kier alpha value is -1.71. The van der Waals surface area contributed by atoms with Crippen LogP contribution < -0.4 is 14.8 Å².